The Bertz CT molecular complexity index is 3030. The molecule has 0 aliphatic heterocycles. The van der Waals surface area contributed by atoms with Crippen LogP contribution in [0.25, 0.3) is 33.5 Å². The van der Waals surface area contributed by atoms with Crippen LogP contribution in [-0.2, 0) is 45.9 Å². The topological polar surface area (TPSA) is 221 Å². The number of sulfonamides is 1. The zero-order valence-electron chi connectivity index (χ0n) is 38.3. The number of aromatic amines is 1. The van der Waals surface area contributed by atoms with E-state index in [1.54, 1.807) is 99.0 Å². The van der Waals surface area contributed by atoms with E-state index in [9.17, 15) is 18.3 Å². The third-order valence-corrected chi connectivity index (χ3v) is 17.0. The van der Waals surface area contributed by atoms with Crippen LogP contribution in [0, 0.1) is 0 Å². The highest BCUT2D eigenvalue weighted by molar-refractivity contribution is 7.93. The van der Waals surface area contributed by atoms with Crippen molar-refractivity contribution in [3.8, 4) is 39.8 Å². The second-order valence-electron chi connectivity index (χ2n) is 17.3. The molecule has 7 rings (SSSR count). The van der Waals surface area contributed by atoms with Gasteiger partial charge in [-0.1, -0.05) is 74.2 Å². The Morgan fingerprint density at radius 1 is 0.791 bits per heavy atom. The van der Waals surface area contributed by atoms with Crippen LogP contribution in [-0.4, -0.2) is 104 Å². The van der Waals surface area contributed by atoms with E-state index in [4.69, 9.17) is 24.3 Å². The number of hydrogen-bond donors (Lipinski definition) is 3. The van der Waals surface area contributed by atoms with E-state index in [0.717, 1.165) is 5.56 Å². The van der Waals surface area contributed by atoms with Crippen molar-refractivity contribution < 1.29 is 40.9 Å². The third kappa shape index (κ3) is 11.5. The molecule has 7 aromatic rings. The molecule has 3 N–H and O–H groups in total. The number of H-pyrrole nitrogens is 1. The minimum Gasteiger partial charge on any atom is -0.497 e. The van der Waals surface area contributed by atoms with Gasteiger partial charge in [-0.15, -0.1) is 10.2 Å². The molecule has 5 aromatic carbocycles. The molecule has 0 aliphatic rings. The van der Waals surface area contributed by atoms with Crippen LogP contribution in [0.4, 0.5) is 4.79 Å². The van der Waals surface area contributed by atoms with Gasteiger partial charge in [0.2, 0.25) is 15.8 Å². The molecule has 1 atom stereocenters. The first-order chi connectivity index (χ1) is 31.9. The van der Waals surface area contributed by atoms with Crippen LogP contribution in [0.3, 0.4) is 0 Å². The number of rotatable bonds is 20. The zero-order valence-corrected chi connectivity index (χ0v) is 41.0. The van der Waals surface area contributed by atoms with Crippen molar-refractivity contribution in [1.29, 1.82) is 0 Å². The summed E-state index contributed by atoms with van der Waals surface area (Å²) in [6, 6.07) is 29.4. The summed E-state index contributed by atoms with van der Waals surface area (Å²) >= 11 is 0. The van der Waals surface area contributed by atoms with E-state index in [2.05, 4.69) is 40.3 Å². The summed E-state index contributed by atoms with van der Waals surface area (Å²) in [4.78, 5) is 20.0. The van der Waals surface area contributed by atoms with E-state index in [-0.39, 0.29) is 48.8 Å². The number of nitrogens with zero attached hydrogens (tertiary/aromatic N) is 6. The summed E-state index contributed by atoms with van der Waals surface area (Å²) in [6.07, 6.45) is -0.961. The molecule has 352 valence electrons. The van der Waals surface area contributed by atoms with Gasteiger partial charge in [0, 0.05) is 39.2 Å². The predicted octanol–water partition coefficient (Wildman–Crippen LogP) is 7.66. The van der Waals surface area contributed by atoms with Crippen LogP contribution in [0.15, 0.2) is 113 Å². The molecule has 0 spiro atoms. The molecule has 0 fully saturated rings. The lowest BCUT2D eigenvalue weighted by Gasteiger charge is -2.26. The molecular formula is C47H54N8O9S2Si. The Morgan fingerprint density at radius 3 is 1.90 bits per heavy atom. The van der Waals surface area contributed by atoms with Gasteiger partial charge in [-0.2, -0.15) is 9.10 Å². The number of aromatic nitrogens is 6. The molecule has 1 amide bonds. The Morgan fingerprint density at radius 2 is 1.36 bits per heavy atom. The van der Waals surface area contributed by atoms with Gasteiger partial charge in [0.05, 0.1) is 55.1 Å². The SMILES string of the molecule is COc1ccc(CN(Cc2ccc(OC)cc2)S(=O)(=O)c2c(S(=O)(=O)CC[Si](C)(C)C)ccc(-c3cccc4[nH]c(CC(C)NC(=O)O)nc34)c2-c2nnn(Cc3ccc(OC)cc3)n2)cc1. The molecule has 20 heteroatoms. The Labute approximate surface area is 391 Å². The highest BCUT2D eigenvalue weighted by Gasteiger charge is 2.38. The fourth-order valence-corrected chi connectivity index (χ4v) is 14.3. The number of amides is 1. The van der Waals surface area contributed by atoms with Crippen molar-refractivity contribution in [2.24, 2.45) is 0 Å². The smallest absolute Gasteiger partial charge is 0.404 e. The number of carbonyl (C=O) groups is 1. The standard InChI is InChI=1S/C47H54N8O9S2Si/c1-31(48-47(56)57)27-42-49-40-10-8-9-39(44(40)50-42)38-23-24-41(65(58,59)25-26-67(5,6)7)45(43(38)46-51-53-55(52-46)30-34-15-21-37(64-4)22-16-34)66(60,61)54(28-32-11-17-35(62-2)18-12-32)29-33-13-19-36(63-3)20-14-33/h8-24,31,48H,25-30H2,1-7H3,(H,49,50)(H,56,57). The van der Waals surface area contributed by atoms with Gasteiger partial charge >= 0.3 is 6.09 Å². The second kappa shape index (κ2) is 20.1. The van der Waals surface area contributed by atoms with Gasteiger partial charge in [0.15, 0.2) is 9.84 Å². The number of carboxylic acid groups (broad SMARTS) is 1. The quantitative estimate of drug-likeness (QED) is 0.0626. The highest BCUT2D eigenvalue weighted by atomic mass is 32.2. The molecular weight excluding hydrogens is 913 g/mol. The van der Waals surface area contributed by atoms with Crippen molar-refractivity contribution in [1.82, 2.24) is 39.8 Å². The maximum absolute atomic E-state index is 16.1. The van der Waals surface area contributed by atoms with Gasteiger partial charge < -0.3 is 29.6 Å². The van der Waals surface area contributed by atoms with Crippen LogP contribution in [0.2, 0.25) is 25.7 Å². The number of hydrogen-bond acceptors (Lipinski definition) is 12. The van der Waals surface area contributed by atoms with Gasteiger partial charge in [-0.25, -0.2) is 26.6 Å². The summed E-state index contributed by atoms with van der Waals surface area (Å²) in [5, 5.41) is 25.4. The van der Waals surface area contributed by atoms with Crippen molar-refractivity contribution in [2.45, 2.75) is 74.5 Å². The van der Waals surface area contributed by atoms with Crippen molar-refractivity contribution >= 4 is 45.1 Å². The first-order valence-corrected chi connectivity index (χ1v) is 28.2. The lowest BCUT2D eigenvalue weighted by atomic mass is 9.98. The number of ether oxygens (including phenoxy) is 3. The number of imidazole rings is 1. The molecule has 0 aliphatic carbocycles. The number of sulfone groups is 1. The van der Waals surface area contributed by atoms with Crippen LogP contribution in [0.5, 0.6) is 17.2 Å². The minimum absolute atomic E-state index is 0.0810. The molecule has 67 heavy (non-hydrogen) atoms. The van der Waals surface area contributed by atoms with Crippen molar-refractivity contribution in [3.63, 3.8) is 0 Å². The second-order valence-corrected chi connectivity index (χ2v) is 26.9. The molecule has 0 radical (unpaired) electrons. The molecule has 0 bridgehead atoms. The van der Waals surface area contributed by atoms with E-state index in [1.807, 2.05) is 12.1 Å². The Hall–Kier alpha value is -6.61. The van der Waals surface area contributed by atoms with Crippen LogP contribution < -0.4 is 19.5 Å². The number of benzene rings is 5. The monoisotopic (exact) mass is 966 g/mol. The van der Waals surface area contributed by atoms with Gasteiger partial charge in [-0.3, -0.25) is 0 Å². The molecule has 2 aromatic heterocycles. The van der Waals surface area contributed by atoms with Crippen LogP contribution >= 0.6 is 0 Å². The fraction of sp³-hybridized carbons (Fsp3) is 0.298. The van der Waals surface area contributed by atoms with Crippen molar-refractivity contribution in [2.75, 3.05) is 27.1 Å². The lowest BCUT2D eigenvalue weighted by molar-refractivity contribution is 0.190. The normalized spacial score (nSPS) is 12.6. The summed E-state index contributed by atoms with van der Waals surface area (Å²) in [5.41, 5.74) is 3.67. The lowest BCUT2D eigenvalue weighted by Crippen LogP contribution is -2.32. The van der Waals surface area contributed by atoms with Gasteiger partial charge in [-0.05, 0) is 89.0 Å². The maximum Gasteiger partial charge on any atom is 0.404 e. The largest absolute Gasteiger partial charge is 0.497 e. The van der Waals surface area contributed by atoms with E-state index < -0.39 is 49.9 Å². The average molecular weight is 967 g/mol. The summed E-state index contributed by atoms with van der Waals surface area (Å²) in [5.74, 6) is 1.85. The summed E-state index contributed by atoms with van der Waals surface area (Å²) in [6.45, 7) is 7.71. The third-order valence-electron chi connectivity index (χ3n) is 11.1. The van der Waals surface area contributed by atoms with Crippen LogP contribution in [0.1, 0.15) is 29.4 Å². The molecule has 2 heterocycles. The predicted molar refractivity (Wildman–Crippen MR) is 257 cm³/mol. The van der Waals surface area contributed by atoms with E-state index in [0.29, 0.717) is 56.8 Å². The Balaban J connectivity index is 1.51. The summed E-state index contributed by atoms with van der Waals surface area (Å²) in [7, 11) is -6.52. The molecule has 17 nitrogen and oxygen atoms in total. The molecule has 0 saturated carbocycles. The van der Waals surface area contributed by atoms with Crippen molar-refractivity contribution in [3.05, 3.63) is 126 Å². The zero-order chi connectivity index (χ0) is 48.1. The number of nitrogens with one attached hydrogen (secondary N) is 2. The fourth-order valence-electron chi connectivity index (χ4n) is 7.54. The van der Waals surface area contributed by atoms with E-state index in [1.165, 1.54) is 29.4 Å². The average Bonchev–Trinajstić information content (AvgIpc) is 3.94. The Kier molecular flexibility index (Phi) is 14.5. The number of fused-ring (bicyclic) bond motifs is 1. The van der Waals surface area contributed by atoms with E-state index >= 15 is 8.42 Å². The highest BCUT2D eigenvalue weighted by Crippen LogP contribution is 2.43. The number of methoxy groups -OCH3 is 3. The summed E-state index contributed by atoms with van der Waals surface area (Å²) < 4.78 is 79.5. The first kappa shape index (κ1) is 48.3. The molecule has 0 saturated heterocycles. The molecule has 1 unspecified atom stereocenters. The number of para-hydroxylation sites is 1. The van der Waals surface area contributed by atoms with Gasteiger partial charge in [0.25, 0.3) is 0 Å². The number of tetrazole rings is 1. The first-order valence-electron chi connectivity index (χ1n) is 21.4. The van der Waals surface area contributed by atoms with Gasteiger partial charge in [0.1, 0.15) is 28.0 Å². The minimum atomic E-state index is -4.86. The maximum atomic E-state index is 16.1.